The van der Waals surface area contributed by atoms with Crippen LogP contribution in [-0.2, 0) is 16.0 Å². The van der Waals surface area contributed by atoms with Gasteiger partial charge in [0, 0.05) is 6.42 Å². The molecule has 0 bridgehead atoms. The first-order valence-corrected chi connectivity index (χ1v) is 9.89. The third-order valence-electron chi connectivity index (χ3n) is 3.05. The molecule has 2 amide bonds. The number of nitrogens with one attached hydrogen (secondary N) is 2. The van der Waals surface area contributed by atoms with E-state index in [-0.39, 0.29) is 13.0 Å². The van der Waals surface area contributed by atoms with Crippen molar-refractivity contribution in [2.24, 2.45) is 0 Å². The van der Waals surface area contributed by atoms with Crippen molar-refractivity contribution in [1.29, 1.82) is 5.26 Å². The van der Waals surface area contributed by atoms with Gasteiger partial charge in [-0.25, -0.2) is 4.79 Å². The number of alkyl carbamates (subject to hydrolysis) is 1. The van der Waals surface area contributed by atoms with Crippen LogP contribution in [0.15, 0.2) is 12.1 Å². The van der Waals surface area contributed by atoms with Crippen molar-refractivity contribution in [3.63, 3.8) is 0 Å². The van der Waals surface area contributed by atoms with Crippen molar-refractivity contribution < 1.29 is 19.1 Å². The van der Waals surface area contributed by atoms with Crippen LogP contribution in [0.3, 0.4) is 0 Å². The highest BCUT2D eigenvalue weighted by Gasteiger charge is 2.25. The fourth-order valence-corrected chi connectivity index (χ4v) is 4.41. The van der Waals surface area contributed by atoms with Gasteiger partial charge in [-0.3, -0.25) is 4.79 Å². The van der Waals surface area contributed by atoms with Crippen LogP contribution in [0.2, 0.25) is 0 Å². The molecule has 1 rings (SSSR count). The van der Waals surface area contributed by atoms with Crippen molar-refractivity contribution in [2.75, 3.05) is 13.7 Å². The lowest BCUT2D eigenvalue weighted by molar-refractivity contribution is -0.122. The molecule has 0 aliphatic carbocycles. The zero-order valence-corrected chi connectivity index (χ0v) is 19.3. The molecule has 142 valence electrons. The highest BCUT2D eigenvalue weighted by atomic mass is 127. The van der Waals surface area contributed by atoms with Crippen LogP contribution >= 0.6 is 45.2 Å². The van der Waals surface area contributed by atoms with Gasteiger partial charge < -0.3 is 20.1 Å². The Bertz CT molecular complexity index is 688. The Morgan fingerprint density at radius 3 is 2.31 bits per heavy atom. The smallest absolute Gasteiger partial charge is 0.408 e. The second kappa shape index (κ2) is 10.1. The Labute approximate surface area is 180 Å². The summed E-state index contributed by atoms with van der Waals surface area (Å²) in [7, 11) is 1.60. The van der Waals surface area contributed by atoms with Crippen LogP contribution in [-0.4, -0.2) is 37.3 Å². The van der Waals surface area contributed by atoms with Gasteiger partial charge in [0.15, 0.2) is 0 Å². The number of methoxy groups -OCH3 is 1. The average molecular weight is 585 g/mol. The van der Waals surface area contributed by atoms with Gasteiger partial charge in [0.05, 0.1) is 20.3 Å². The summed E-state index contributed by atoms with van der Waals surface area (Å²) in [5, 5.41) is 13.7. The molecule has 26 heavy (non-hydrogen) atoms. The normalized spacial score (nSPS) is 11.9. The summed E-state index contributed by atoms with van der Waals surface area (Å²) in [6.07, 6.45) is -0.431. The number of nitrogens with zero attached hydrogens (tertiary/aromatic N) is 1. The molecule has 0 aliphatic rings. The SMILES string of the molecule is COc1c(I)cc(CC(NC(=O)OC(C)(C)C)C(=O)NCC#N)cc1I. The van der Waals surface area contributed by atoms with Crippen molar-refractivity contribution in [1.82, 2.24) is 10.6 Å². The summed E-state index contributed by atoms with van der Waals surface area (Å²) in [5.74, 6) is 0.318. The molecular formula is C17H21I2N3O4. The van der Waals surface area contributed by atoms with Crippen LogP contribution in [0.4, 0.5) is 4.79 Å². The van der Waals surface area contributed by atoms with Crippen molar-refractivity contribution in [3.8, 4) is 11.8 Å². The molecule has 0 radical (unpaired) electrons. The Morgan fingerprint density at radius 1 is 1.27 bits per heavy atom. The van der Waals surface area contributed by atoms with Crippen molar-refractivity contribution in [2.45, 2.75) is 38.8 Å². The summed E-state index contributed by atoms with van der Waals surface area (Å²) in [6, 6.07) is 4.77. The van der Waals surface area contributed by atoms with E-state index in [4.69, 9.17) is 14.7 Å². The van der Waals surface area contributed by atoms with E-state index in [1.165, 1.54) is 0 Å². The van der Waals surface area contributed by atoms with E-state index in [2.05, 4.69) is 55.8 Å². The van der Waals surface area contributed by atoms with Gasteiger partial charge in [-0.1, -0.05) is 0 Å². The van der Waals surface area contributed by atoms with Crippen LogP contribution in [0.1, 0.15) is 26.3 Å². The number of hydrogen-bond acceptors (Lipinski definition) is 5. The number of ether oxygens (including phenoxy) is 2. The largest absolute Gasteiger partial charge is 0.495 e. The van der Waals surface area contributed by atoms with Crippen molar-refractivity contribution >= 4 is 57.2 Å². The fraction of sp³-hybridized carbons (Fsp3) is 0.471. The molecule has 0 fully saturated rings. The fourth-order valence-electron chi connectivity index (χ4n) is 2.07. The second-order valence-electron chi connectivity index (χ2n) is 6.37. The van der Waals surface area contributed by atoms with Gasteiger partial charge in [-0.15, -0.1) is 0 Å². The highest BCUT2D eigenvalue weighted by molar-refractivity contribution is 14.1. The predicted octanol–water partition coefficient (Wildman–Crippen LogP) is 2.98. The number of benzene rings is 1. The molecule has 0 heterocycles. The first kappa shape index (κ1) is 22.8. The summed E-state index contributed by atoms with van der Waals surface area (Å²) >= 11 is 4.31. The molecular weight excluding hydrogens is 564 g/mol. The lowest BCUT2D eigenvalue weighted by Gasteiger charge is -2.23. The first-order valence-electron chi connectivity index (χ1n) is 7.73. The molecule has 1 aromatic rings. The number of hydrogen-bond donors (Lipinski definition) is 2. The van der Waals surface area contributed by atoms with E-state index in [0.717, 1.165) is 18.5 Å². The van der Waals surface area contributed by atoms with E-state index in [9.17, 15) is 9.59 Å². The lowest BCUT2D eigenvalue weighted by Crippen LogP contribution is -2.49. The number of nitriles is 1. The topological polar surface area (TPSA) is 100 Å². The molecule has 9 heteroatoms. The Kier molecular flexibility index (Phi) is 8.88. The molecule has 2 N–H and O–H groups in total. The Balaban J connectivity index is 3.00. The van der Waals surface area contributed by atoms with Crippen LogP contribution in [0, 0.1) is 18.5 Å². The van der Waals surface area contributed by atoms with Crippen LogP contribution in [0.25, 0.3) is 0 Å². The van der Waals surface area contributed by atoms with Gasteiger partial charge in [0.2, 0.25) is 5.91 Å². The van der Waals surface area contributed by atoms with E-state index in [1.54, 1.807) is 27.9 Å². The molecule has 1 atom stereocenters. The van der Waals surface area contributed by atoms with E-state index in [1.807, 2.05) is 18.2 Å². The van der Waals surface area contributed by atoms with Gasteiger partial charge in [-0.05, 0) is 83.6 Å². The summed E-state index contributed by atoms with van der Waals surface area (Å²) < 4.78 is 12.4. The number of amides is 2. The van der Waals surface area contributed by atoms with E-state index < -0.39 is 23.6 Å². The zero-order valence-electron chi connectivity index (χ0n) is 15.0. The Morgan fingerprint density at radius 2 is 1.85 bits per heavy atom. The zero-order chi connectivity index (χ0) is 19.9. The maximum Gasteiger partial charge on any atom is 0.408 e. The van der Waals surface area contributed by atoms with Gasteiger partial charge in [-0.2, -0.15) is 5.26 Å². The summed E-state index contributed by atoms with van der Waals surface area (Å²) in [5.41, 5.74) is 0.176. The van der Waals surface area contributed by atoms with Gasteiger partial charge in [0.1, 0.15) is 23.9 Å². The monoisotopic (exact) mass is 585 g/mol. The third kappa shape index (κ3) is 7.53. The highest BCUT2D eigenvalue weighted by Crippen LogP contribution is 2.29. The van der Waals surface area contributed by atoms with Gasteiger partial charge >= 0.3 is 6.09 Å². The third-order valence-corrected chi connectivity index (χ3v) is 4.65. The minimum atomic E-state index is -0.863. The Hall–Kier alpha value is -1.29. The summed E-state index contributed by atoms with van der Waals surface area (Å²) in [4.78, 5) is 24.4. The van der Waals surface area contributed by atoms with Gasteiger partial charge in [0.25, 0.3) is 0 Å². The molecule has 1 unspecified atom stereocenters. The predicted molar refractivity (Wildman–Crippen MR) is 114 cm³/mol. The maximum absolute atomic E-state index is 12.3. The molecule has 1 aromatic carbocycles. The lowest BCUT2D eigenvalue weighted by atomic mass is 10.1. The molecule has 0 aromatic heterocycles. The van der Waals surface area contributed by atoms with E-state index >= 15 is 0 Å². The minimum absolute atomic E-state index is 0.136. The van der Waals surface area contributed by atoms with E-state index in [0.29, 0.717) is 0 Å². The number of rotatable bonds is 6. The molecule has 0 spiro atoms. The minimum Gasteiger partial charge on any atom is -0.495 e. The molecule has 7 nitrogen and oxygen atoms in total. The molecule has 0 saturated carbocycles. The van der Waals surface area contributed by atoms with Crippen molar-refractivity contribution in [3.05, 3.63) is 24.8 Å². The van der Waals surface area contributed by atoms with Crippen LogP contribution in [0.5, 0.6) is 5.75 Å². The molecule has 0 saturated heterocycles. The number of halogens is 2. The van der Waals surface area contributed by atoms with Crippen LogP contribution < -0.4 is 15.4 Å². The quantitative estimate of drug-likeness (QED) is 0.396. The number of carbonyl (C=O) groups is 2. The first-order chi connectivity index (χ1) is 12.1. The average Bonchev–Trinajstić information content (AvgIpc) is 2.49. The second-order valence-corrected chi connectivity index (χ2v) is 8.70. The number of carbonyl (C=O) groups excluding carboxylic acids is 2. The summed E-state index contributed by atoms with van der Waals surface area (Å²) in [6.45, 7) is 5.09. The standard InChI is InChI=1S/C17H21I2N3O4/c1-17(2,3)26-16(24)22-13(15(23)21-6-5-20)9-10-7-11(18)14(25-4)12(19)8-10/h7-8,13H,6,9H2,1-4H3,(H,21,23)(H,22,24). The molecule has 0 aliphatic heterocycles. The maximum atomic E-state index is 12.3.